The van der Waals surface area contributed by atoms with Crippen molar-refractivity contribution in [3.8, 4) is 0 Å². The second-order valence-corrected chi connectivity index (χ2v) is 5.86. The van der Waals surface area contributed by atoms with Gasteiger partial charge in [0.05, 0.1) is 0 Å². The number of rotatable bonds is 5. The largest absolute Gasteiger partial charge is 0.370 e. The maximum Gasteiger partial charge on any atom is 0.188 e. The summed E-state index contributed by atoms with van der Waals surface area (Å²) in [6.45, 7) is 7.48. The van der Waals surface area contributed by atoms with Crippen LogP contribution in [0.25, 0.3) is 0 Å². The van der Waals surface area contributed by atoms with Gasteiger partial charge in [-0.3, -0.25) is 4.99 Å². The number of guanidine groups is 1. The molecule has 17 heavy (non-hydrogen) atoms. The second-order valence-electron chi connectivity index (χ2n) is 5.86. The third kappa shape index (κ3) is 2.82. The molecule has 2 rings (SSSR count). The van der Waals surface area contributed by atoms with E-state index in [2.05, 4.69) is 16.9 Å². The second kappa shape index (κ2) is 5.11. The molecule has 0 aromatic carbocycles. The Morgan fingerprint density at radius 1 is 1.41 bits per heavy atom. The molecule has 0 unspecified atom stereocenters. The SMILES string of the molecule is C=C(C)CNC(N)=NCC1(C2CCC2)CCC1. The molecular formula is C14H25N3. The van der Waals surface area contributed by atoms with E-state index in [9.17, 15) is 0 Å². The Bertz CT molecular complexity index is 311. The van der Waals surface area contributed by atoms with Gasteiger partial charge in [-0.2, -0.15) is 0 Å². The van der Waals surface area contributed by atoms with Gasteiger partial charge in [-0.05, 0) is 43.9 Å². The summed E-state index contributed by atoms with van der Waals surface area (Å²) in [7, 11) is 0. The third-order valence-electron chi connectivity index (χ3n) is 4.46. The zero-order chi connectivity index (χ0) is 12.3. The Hall–Kier alpha value is -0.990. The van der Waals surface area contributed by atoms with Gasteiger partial charge in [-0.1, -0.05) is 25.0 Å². The minimum Gasteiger partial charge on any atom is -0.370 e. The lowest BCUT2D eigenvalue weighted by Gasteiger charge is -2.51. The number of hydrogen-bond acceptors (Lipinski definition) is 1. The molecule has 96 valence electrons. The summed E-state index contributed by atoms with van der Waals surface area (Å²) in [5.41, 5.74) is 7.46. The molecule has 0 radical (unpaired) electrons. The smallest absolute Gasteiger partial charge is 0.188 e. The first kappa shape index (κ1) is 12.5. The average molecular weight is 235 g/mol. The van der Waals surface area contributed by atoms with Crippen LogP contribution in [0.2, 0.25) is 0 Å². The molecule has 0 saturated heterocycles. The highest BCUT2D eigenvalue weighted by atomic mass is 15.1. The van der Waals surface area contributed by atoms with Crippen LogP contribution in [0.3, 0.4) is 0 Å². The number of hydrogen-bond donors (Lipinski definition) is 2. The number of nitrogens with two attached hydrogens (primary N) is 1. The lowest BCUT2D eigenvalue weighted by molar-refractivity contribution is 0.0115. The predicted molar refractivity (Wildman–Crippen MR) is 72.9 cm³/mol. The molecule has 0 aromatic rings. The fourth-order valence-corrected chi connectivity index (χ4v) is 2.89. The van der Waals surface area contributed by atoms with E-state index < -0.39 is 0 Å². The fraction of sp³-hybridized carbons (Fsp3) is 0.786. The molecule has 0 aromatic heterocycles. The predicted octanol–water partition coefficient (Wildman–Crippen LogP) is 2.44. The molecule has 2 aliphatic rings. The molecule has 0 bridgehead atoms. The van der Waals surface area contributed by atoms with Crippen LogP contribution < -0.4 is 11.1 Å². The first-order chi connectivity index (χ1) is 8.12. The highest BCUT2D eigenvalue weighted by Crippen LogP contribution is 2.54. The molecular weight excluding hydrogens is 210 g/mol. The third-order valence-corrected chi connectivity index (χ3v) is 4.46. The average Bonchev–Trinajstić information content (AvgIpc) is 2.15. The summed E-state index contributed by atoms with van der Waals surface area (Å²) in [4.78, 5) is 4.54. The first-order valence-corrected chi connectivity index (χ1v) is 6.81. The summed E-state index contributed by atoms with van der Waals surface area (Å²) in [6, 6.07) is 0. The zero-order valence-electron chi connectivity index (χ0n) is 11.0. The molecule has 3 N–H and O–H groups in total. The highest BCUT2D eigenvalue weighted by Gasteiger charge is 2.45. The van der Waals surface area contributed by atoms with E-state index in [0.717, 1.165) is 24.6 Å². The monoisotopic (exact) mass is 235 g/mol. The first-order valence-electron chi connectivity index (χ1n) is 6.81. The van der Waals surface area contributed by atoms with Crippen molar-refractivity contribution in [2.75, 3.05) is 13.1 Å². The molecule has 2 fully saturated rings. The van der Waals surface area contributed by atoms with Gasteiger partial charge in [0.15, 0.2) is 5.96 Å². The zero-order valence-corrected chi connectivity index (χ0v) is 11.0. The van der Waals surface area contributed by atoms with Crippen molar-refractivity contribution in [2.45, 2.75) is 45.4 Å². The molecule has 0 spiro atoms. The Morgan fingerprint density at radius 3 is 2.53 bits per heavy atom. The molecule has 2 saturated carbocycles. The van der Waals surface area contributed by atoms with E-state index in [4.69, 9.17) is 5.73 Å². The molecule has 0 heterocycles. The van der Waals surface area contributed by atoms with Crippen LogP contribution in [0.5, 0.6) is 0 Å². The number of aliphatic imine (C=N–C) groups is 1. The van der Waals surface area contributed by atoms with Gasteiger partial charge in [-0.15, -0.1) is 0 Å². The van der Waals surface area contributed by atoms with Crippen LogP contribution in [0, 0.1) is 11.3 Å². The minimum absolute atomic E-state index is 0.508. The van der Waals surface area contributed by atoms with Crippen molar-refractivity contribution < 1.29 is 0 Å². The number of nitrogens with zero attached hydrogens (tertiary/aromatic N) is 1. The summed E-state index contributed by atoms with van der Waals surface area (Å²) < 4.78 is 0. The minimum atomic E-state index is 0.508. The van der Waals surface area contributed by atoms with Crippen LogP contribution in [0.1, 0.15) is 45.4 Å². The van der Waals surface area contributed by atoms with Gasteiger partial charge in [0.25, 0.3) is 0 Å². The Labute approximate surface area is 105 Å². The van der Waals surface area contributed by atoms with Gasteiger partial charge in [0.2, 0.25) is 0 Å². The van der Waals surface area contributed by atoms with Crippen molar-refractivity contribution in [2.24, 2.45) is 22.1 Å². The van der Waals surface area contributed by atoms with Gasteiger partial charge in [-0.25, -0.2) is 0 Å². The van der Waals surface area contributed by atoms with Crippen molar-refractivity contribution in [1.29, 1.82) is 0 Å². The van der Waals surface area contributed by atoms with Gasteiger partial charge in [0, 0.05) is 13.1 Å². The highest BCUT2D eigenvalue weighted by molar-refractivity contribution is 5.78. The molecule has 3 heteroatoms. The van der Waals surface area contributed by atoms with Crippen molar-refractivity contribution in [1.82, 2.24) is 5.32 Å². The summed E-state index contributed by atoms with van der Waals surface area (Å²) in [6.07, 6.45) is 8.33. The fourth-order valence-electron chi connectivity index (χ4n) is 2.89. The van der Waals surface area contributed by atoms with E-state index in [0.29, 0.717) is 11.4 Å². The van der Waals surface area contributed by atoms with Gasteiger partial charge >= 0.3 is 0 Å². The molecule has 3 nitrogen and oxygen atoms in total. The van der Waals surface area contributed by atoms with Crippen LogP contribution in [0.15, 0.2) is 17.1 Å². The Morgan fingerprint density at radius 2 is 2.12 bits per heavy atom. The van der Waals surface area contributed by atoms with Crippen LogP contribution in [-0.4, -0.2) is 19.0 Å². The summed E-state index contributed by atoms with van der Waals surface area (Å²) in [5.74, 6) is 1.51. The van der Waals surface area contributed by atoms with Crippen LogP contribution in [-0.2, 0) is 0 Å². The molecule has 0 amide bonds. The van der Waals surface area contributed by atoms with Crippen molar-refractivity contribution >= 4 is 5.96 Å². The molecule has 0 atom stereocenters. The maximum absolute atomic E-state index is 5.87. The molecule has 0 aliphatic heterocycles. The topological polar surface area (TPSA) is 50.4 Å². The van der Waals surface area contributed by atoms with Gasteiger partial charge in [0.1, 0.15) is 0 Å². The standard InChI is InChI=1S/C14H25N3/c1-11(2)9-16-13(15)17-10-14(7-4-8-14)12-5-3-6-12/h12H,1,3-10H2,2H3,(H3,15,16,17). The quantitative estimate of drug-likeness (QED) is 0.437. The normalized spacial score (nSPS) is 23.7. The van der Waals surface area contributed by atoms with Crippen LogP contribution >= 0.6 is 0 Å². The van der Waals surface area contributed by atoms with Crippen LogP contribution in [0.4, 0.5) is 0 Å². The number of nitrogens with one attached hydrogen (secondary N) is 1. The Balaban J connectivity index is 1.82. The van der Waals surface area contributed by atoms with E-state index in [1.54, 1.807) is 0 Å². The maximum atomic E-state index is 5.87. The molecule has 2 aliphatic carbocycles. The Kier molecular flexibility index (Phi) is 3.75. The summed E-state index contributed by atoms with van der Waals surface area (Å²) in [5, 5.41) is 3.11. The van der Waals surface area contributed by atoms with Crippen molar-refractivity contribution in [3.05, 3.63) is 12.2 Å². The van der Waals surface area contributed by atoms with E-state index in [1.165, 1.54) is 38.5 Å². The lowest BCUT2D eigenvalue weighted by Crippen LogP contribution is -2.44. The van der Waals surface area contributed by atoms with E-state index in [-0.39, 0.29) is 0 Å². The van der Waals surface area contributed by atoms with E-state index >= 15 is 0 Å². The lowest BCUT2D eigenvalue weighted by atomic mass is 9.55. The summed E-state index contributed by atoms with van der Waals surface area (Å²) >= 11 is 0. The van der Waals surface area contributed by atoms with Crippen molar-refractivity contribution in [3.63, 3.8) is 0 Å². The van der Waals surface area contributed by atoms with Gasteiger partial charge < -0.3 is 11.1 Å². The van der Waals surface area contributed by atoms with E-state index in [1.807, 2.05) is 6.92 Å².